The molecule has 0 atom stereocenters. The van der Waals surface area contributed by atoms with Gasteiger partial charge in [0.2, 0.25) is 5.91 Å². The van der Waals surface area contributed by atoms with E-state index in [4.69, 9.17) is 4.74 Å². The number of hydrogen-bond acceptors (Lipinski definition) is 6. The molecule has 0 aromatic carbocycles. The number of H-pyrrole nitrogens is 1. The first-order chi connectivity index (χ1) is 12.2. The molecule has 2 N–H and O–H groups in total. The Hall–Kier alpha value is -1.38. The van der Waals surface area contributed by atoms with Gasteiger partial charge in [0.05, 0.1) is 16.9 Å². The van der Waals surface area contributed by atoms with E-state index < -0.39 is 0 Å². The van der Waals surface area contributed by atoms with Crippen LogP contribution in [0.5, 0.6) is 0 Å². The molecular formula is C17H21N3O3S2. The number of amides is 1. The lowest BCUT2D eigenvalue weighted by molar-refractivity contribution is -0.119. The molecule has 25 heavy (non-hydrogen) atoms. The van der Waals surface area contributed by atoms with Crippen LogP contribution in [0.1, 0.15) is 35.5 Å². The van der Waals surface area contributed by atoms with E-state index in [9.17, 15) is 9.59 Å². The second kappa shape index (κ2) is 7.47. The van der Waals surface area contributed by atoms with Crippen molar-refractivity contribution in [3.05, 3.63) is 26.6 Å². The highest BCUT2D eigenvalue weighted by atomic mass is 32.2. The standard InChI is InChI=1S/C17H21N3O3S2/c21-14(18-10-4-6-23-7-5-10)9-24-8-13-19-16(22)15-11-2-1-3-12(11)25-17(15)20-13/h10H,1-9H2,(H,18,21)(H,19,20,22). The number of ether oxygens (including phenoxy) is 1. The summed E-state index contributed by atoms with van der Waals surface area (Å²) in [4.78, 5) is 34.1. The minimum atomic E-state index is -0.0355. The van der Waals surface area contributed by atoms with Crippen LogP contribution in [0.2, 0.25) is 0 Å². The first-order valence-electron chi connectivity index (χ1n) is 8.69. The van der Waals surface area contributed by atoms with Gasteiger partial charge in [0.1, 0.15) is 10.7 Å². The van der Waals surface area contributed by atoms with Crippen LogP contribution in [0.3, 0.4) is 0 Å². The fourth-order valence-electron chi connectivity index (χ4n) is 3.47. The monoisotopic (exact) mass is 379 g/mol. The molecule has 2 aliphatic rings. The highest BCUT2D eigenvalue weighted by Crippen LogP contribution is 2.34. The number of carbonyl (C=O) groups excluding carboxylic acids is 1. The third-order valence-corrected chi connectivity index (χ3v) is 6.81. The summed E-state index contributed by atoms with van der Waals surface area (Å²) in [5.41, 5.74) is 1.16. The summed E-state index contributed by atoms with van der Waals surface area (Å²) in [5.74, 6) is 1.60. The Bertz CT molecular complexity index is 840. The average Bonchev–Trinajstić information content (AvgIpc) is 3.16. The Balaban J connectivity index is 1.35. The predicted octanol–water partition coefficient (Wildman–Crippen LogP) is 2.00. The Morgan fingerprint density at radius 2 is 2.20 bits per heavy atom. The van der Waals surface area contributed by atoms with Gasteiger partial charge in [-0.3, -0.25) is 9.59 Å². The van der Waals surface area contributed by atoms with Gasteiger partial charge in [0.15, 0.2) is 0 Å². The van der Waals surface area contributed by atoms with Gasteiger partial charge in [0, 0.05) is 24.1 Å². The highest BCUT2D eigenvalue weighted by Gasteiger charge is 2.21. The van der Waals surface area contributed by atoms with Crippen LogP contribution < -0.4 is 10.9 Å². The summed E-state index contributed by atoms with van der Waals surface area (Å²) in [6, 6.07) is 0.227. The maximum absolute atomic E-state index is 12.4. The quantitative estimate of drug-likeness (QED) is 0.830. The van der Waals surface area contributed by atoms with E-state index in [2.05, 4.69) is 15.3 Å². The number of nitrogens with one attached hydrogen (secondary N) is 2. The number of thioether (sulfide) groups is 1. The smallest absolute Gasteiger partial charge is 0.259 e. The van der Waals surface area contributed by atoms with Crippen molar-refractivity contribution in [1.29, 1.82) is 0 Å². The molecule has 1 aliphatic heterocycles. The van der Waals surface area contributed by atoms with E-state index in [0.717, 1.165) is 42.3 Å². The largest absolute Gasteiger partial charge is 0.381 e. The number of thiophene rings is 1. The third-order valence-electron chi connectivity index (χ3n) is 4.68. The maximum Gasteiger partial charge on any atom is 0.259 e. The van der Waals surface area contributed by atoms with Crippen molar-refractivity contribution in [1.82, 2.24) is 15.3 Å². The summed E-state index contributed by atoms with van der Waals surface area (Å²) in [7, 11) is 0. The van der Waals surface area contributed by atoms with Crippen LogP contribution in [-0.2, 0) is 28.1 Å². The molecule has 0 bridgehead atoms. The second-order valence-corrected chi connectivity index (χ2v) is 8.57. The molecular weight excluding hydrogens is 358 g/mol. The van der Waals surface area contributed by atoms with E-state index in [0.29, 0.717) is 30.5 Å². The Kier molecular flexibility index (Phi) is 5.10. The number of aromatic amines is 1. The first-order valence-corrected chi connectivity index (χ1v) is 10.7. The van der Waals surface area contributed by atoms with E-state index in [1.54, 1.807) is 11.3 Å². The van der Waals surface area contributed by atoms with Crippen LogP contribution >= 0.6 is 23.1 Å². The van der Waals surface area contributed by atoms with Crippen LogP contribution in [0.4, 0.5) is 0 Å². The van der Waals surface area contributed by atoms with E-state index in [1.807, 2.05) is 0 Å². The lowest BCUT2D eigenvalue weighted by Crippen LogP contribution is -2.39. The number of nitrogens with zero attached hydrogens (tertiary/aromatic N) is 1. The maximum atomic E-state index is 12.4. The van der Waals surface area contributed by atoms with E-state index in [-0.39, 0.29) is 17.5 Å². The molecule has 0 saturated carbocycles. The molecule has 0 radical (unpaired) electrons. The van der Waals surface area contributed by atoms with Crippen molar-refractivity contribution in [2.24, 2.45) is 0 Å². The van der Waals surface area contributed by atoms with Gasteiger partial charge in [0.25, 0.3) is 5.56 Å². The van der Waals surface area contributed by atoms with Crippen molar-refractivity contribution >= 4 is 39.2 Å². The number of hydrogen-bond donors (Lipinski definition) is 2. The molecule has 1 aliphatic carbocycles. The summed E-state index contributed by atoms with van der Waals surface area (Å²) in [5, 5.41) is 3.82. The number of aromatic nitrogens is 2. The molecule has 6 nitrogen and oxygen atoms in total. The number of carbonyl (C=O) groups is 1. The number of fused-ring (bicyclic) bond motifs is 3. The van der Waals surface area contributed by atoms with Crippen LogP contribution in [0.15, 0.2) is 4.79 Å². The van der Waals surface area contributed by atoms with Crippen molar-refractivity contribution in [2.75, 3.05) is 19.0 Å². The second-order valence-electron chi connectivity index (χ2n) is 6.50. The van der Waals surface area contributed by atoms with Gasteiger partial charge < -0.3 is 15.0 Å². The van der Waals surface area contributed by atoms with Gasteiger partial charge in [-0.05, 0) is 37.7 Å². The van der Waals surface area contributed by atoms with Gasteiger partial charge in [-0.25, -0.2) is 4.98 Å². The average molecular weight is 380 g/mol. The van der Waals surface area contributed by atoms with Crippen LogP contribution in [-0.4, -0.2) is 40.9 Å². The molecule has 1 amide bonds. The third kappa shape index (κ3) is 3.75. The van der Waals surface area contributed by atoms with Crippen molar-refractivity contribution in [2.45, 2.75) is 43.9 Å². The zero-order chi connectivity index (χ0) is 17.2. The molecule has 1 fully saturated rings. The van der Waals surface area contributed by atoms with E-state index in [1.165, 1.54) is 22.2 Å². The Morgan fingerprint density at radius 3 is 3.04 bits per heavy atom. The topological polar surface area (TPSA) is 84.1 Å². The zero-order valence-electron chi connectivity index (χ0n) is 13.9. The minimum absolute atomic E-state index is 0.0355. The van der Waals surface area contributed by atoms with Gasteiger partial charge >= 0.3 is 0 Å². The Labute approximate surface area is 153 Å². The molecule has 2 aromatic rings. The normalized spacial score (nSPS) is 17.8. The molecule has 2 aromatic heterocycles. The van der Waals surface area contributed by atoms with Crippen LogP contribution in [0.25, 0.3) is 10.2 Å². The summed E-state index contributed by atoms with van der Waals surface area (Å²) < 4.78 is 5.29. The molecule has 0 spiro atoms. The fraction of sp³-hybridized carbons (Fsp3) is 0.588. The number of rotatable bonds is 5. The minimum Gasteiger partial charge on any atom is -0.381 e. The predicted molar refractivity (Wildman–Crippen MR) is 100 cm³/mol. The molecule has 1 saturated heterocycles. The summed E-state index contributed by atoms with van der Waals surface area (Å²) in [6.07, 6.45) is 4.94. The summed E-state index contributed by atoms with van der Waals surface area (Å²) >= 11 is 3.13. The highest BCUT2D eigenvalue weighted by molar-refractivity contribution is 7.99. The molecule has 3 heterocycles. The first kappa shape index (κ1) is 17.1. The Morgan fingerprint density at radius 1 is 1.36 bits per heavy atom. The lowest BCUT2D eigenvalue weighted by atomic mass is 10.1. The number of aryl methyl sites for hydroxylation is 2. The summed E-state index contributed by atoms with van der Waals surface area (Å²) in [6.45, 7) is 1.43. The molecule has 4 rings (SSSR count). The fourth-order valence-corrected chi connectivity index (χ4v) is 5.45. The molecule has 134 valence electrons. The van der Waals surface area contributed by atoms with Crippen LogP contribution in [0, 0.1) is 0 Å². The van der Waals surface area contributed by atoms with Crippen molar-refractivity contribution < 1.29 is 9.53 Å². The lowest BCUT2D eigenvalue weighted by Gasteiger charge is -2.22. The van der Waals surface area contributed by atoms with Crippen molar-refractivity contribution in [3.8, 4) is 0 Å². The molecule has 8 heteroatoms. The van der Waals surface area contributed by atoms with Gasteiger partial charge in [-0.2, -0.15) is 0 Å². The van der Waals surface area contributed by atoms with E-state index >= 15 is 0 Å². The molecule has 0 unspecified atom stereocenters. The van der Waals surface area contributed by atoms with Crippen molar-refractivity contribution in [3.63, 3.8) is 0 Å². The van der Waals surface area contributed by atoms with Gasteiger partial charge in [-0.15, -0.1) is 23.1 Å². The van der Waals surface area contributed by atoms with Gasteiger partial charge in [-0.1, -0.05) is 0 Å². The zero-order valence-corrected chi connectivity index (χ0v) is 15.6. The SMILES string of the molecule is O=C(CSCc1nc2sc3c(c2c(=O)[nH]1)CCC3)NC1CCOCC1.